The SMILES string of the molecule is CCOc1cccc(-c2cc(C(=O)N/N=C(\C)c3ccc(O)c(OC)c3)[nH]n2)c1. The second-order valence-corrected chi connectivity index (χ2v) is 6.15. The summed E-state index contributed by atoms with van der Waals surface area (Å²) in [6, 6.07) is 14.0. The van der Waals surface area contributed by atoms with Gasteiger partial charge in [-0.25, -0.2) is 5.43 Å². The van der Waals surface area contributed by atoms with Crippen LogP contribution in [0.1, 0.15) is 29.9 Å². The van der Waals surface area contributed by atoms with E-state index in [9.17, 15) is 9.90 Å². The van der Waals surface area contributed by atoms with Crippen molar-refractivity contribution >= 4 is 11.6 Å². The average molecular weight is 394 g/mol. The molecule has 150 valence electrons. The van der Waals surface area contributed by atoms with Crippen molar-refractivity contribution in [1.82, 2.24) is 15.6 Å². The van der Waals surface area contributed by atoms with Gasteiger partial charge in [-0.3, -0.25) is 9.89 Å². The lowest BCUT2D eigenvalue weighted by atomic mass is 10.1. The molecular weight excluding hydrogens is 372 g/mol. The maximum Gasteiger partial charge on any atom is 0.289 e. The minimum Gasteiger partial charge on any atom is -0.504 e. The number of rotatable bonds is 7. The van der Waals surface area contributed by atoms with E-state index in [0.29, 0.717) is 29.3 Å². The molecule has 1 heterocycles. The molecule has 0 saturated carbocycles. The topological polar surface area (TPSA) is 109 Å². The second-order valence-electron chi connectivity index (χ2n) is 6.15. The third-order valence-corrected chi connectivity index (χ3v) is 4.19. The Bertz CT molecular complexity index is 1040. The molecule has 3 rings (SSSR count). The van der Waals surface area contributed by atoms with E-state index < -0.39 is 5.91 Å². The molecular formula is C21H22N4O4. The number of phenols is 1. The number of hydrogen-bond acceptors (Lipinski definition) is 6. The molecule has 3 aromatic rings. The molecule has 0 aliphatic rings. The summed E-state index contributed by atoms with van der Waals surface area (Å²) in [4.78, 5) is 12.4. The minimum absolute atomic E-state index is 0.0338. The number of nitrogens with zero attached hydrogens (tertiary/aromatic N) is 2. The van der Waals surface area contributed by atoms with Crippen LogP contribution in [0, 0.1) is 0 Å². The predicted molar refractivity (Wildman–Crippen MR) is 110 cm³/mol. The lowest BCUT2D eigenvalue weighted by molar-refractivity contribution is 0.0950. The Morgan fingerprint density at radius 1 is 1.24 bits per heavy atom. The number of aromatic nitrogens is 2. The van der Waals surface area contributed by atoms with E-state index in [1.165, 1.54) is 13.2 Å². The number of amides is 1. The fourth-order valence-electron chi connectivity index (χ4n) is 2.66. The van der Waals surface area contributed by atoms with Gasteiger partial charge in [-0.15, -0.1) is 0 Å². The van der Waals surface area contributed by atoms with Crippen LogP contribution in [0.3, 0.4) is 0 Å². The van der Waals surface area contributed by atoms with Crippen LogP contribution in [-0.2, 0) is 0 Å². The fourth-order valence-corrected chi connectivity index (χ4v) is 2.66. The van der Waals surface area contributed by atoms with Crippen molar-refractivity contribution in [2.24, 2.45) is 5.10 Å². The van der Waals surface area contributed by atoms with Crippen molar-refractivity contribution in [1.29, 1.82) is 0 Å². The molecule has 3 N–H and O–H groups in total. The Labute approximate surface area is 168 Å². The molecule has 1 aromatic heterocycles. The number of H-pyrrole nitrogens is 1. The normalized spacial score (nSPS) is 11.2. The zero-order valence-electron chi connectivity index (χ0n) is 16.4. The fraction of sp³-hybridized carbons (Fsp3) is 0.190. The Morgan fingerprint density at radius 2 is 2.07 bits per heavy atom. The Hall–Kier alpha value is -3.81. The first-order valence-corrected chi connectivity index (χ1v) is 9.02. The van der Waals surface area contributed by atoms with Crippen LogP contribution in [-0.4, -0.2) is 40.6 Å². The number of carbonyl (C=O) groups is 1. The number of nitrogens with one attached hydrogen (secondary N) is 2. The van der Waals surface area contributed by atoms with Crippen LogP contribution >= 0.6 is 0 Å². The third-order valence-electron chi connectivity index (χ3n) is 4.19. The van der Waals surface area contributed by atoms with Crippen molar-refractivity contribution < 1.29 is 19.4 Å². The number of aromatic hydroxyl groups is 1. The molecule has 2 aromatic carbocycles. The quantitative estimate of drug-likeness (QED) is 0.421. The van der Waals surface area contributed by atoms with E-state index in [1.54, 1.807) is 25.1 Å². The first kappa shape index (κ1) is 19.9. The summed E-state index contributed by atoms with van der Waals surface area (Å²) >= 11 is 0. The molecule has 0 saturated heterocycles. The molecule has 8 nitrogen and oxygen atoms in total. The van der Waals surface area contributed by atoms with Gasteiger partial charge >= 0.3 is 0 Å². The predicted octanol–water partition coefficient (Wildman–Crippen LogP) is 3.34. The highest BCUT2D eigenvalue weighted by Crippen LogP contribution is 2.26. The summed E-state index contributed by atoms with van der Waals surface area (Å²) < 4.78 is 10.6. The highest BCUT2D eigenvalue weighted by molar-refractivity contribution is 6.01. The van der Waals surface area contributed by atoms with E-state index in [-0.39, 0.29) is 11.4 Å². The number of benzene rings is 2. The van der Waals surface area contributed by atoms with E-state index in [2.05, 4.69) is 20.7 Å². The molecule has 0 aliphatic heterocycles. The van der Waals surface area contributed by atoms with Crippen LogP contribution in [0.15, 0.2) is 53.6 Å². The zero-order chi connectivity index (χ0) is 20.8. The number of phenolic OH excluding ortho intramolecular Hbond substituents is 1. The highest BCUT2D eigenvalue weighted by atomic mass is 16.5. The van der Waals surface area contributed by atoms with Gasteiger partial charge in [-0.1, -0.05) is 12.1 Å². The van der Waals surface area contributed by atoms with Gasteiger partial charge in [-0.05, 0) is 50.2 Å². The van der Waals surface area contributed by atoms with Gasteiger partial charge in [0.15, 0.2) is 11.5 Å². The summed E-state index contributed by atoms with van der Waals surface area (Å²) in [5.74, 6) is 0.681. The number of aromatic amines is 1. The Morgan fingerprint density at radius 3 is 2.83 bits per heavy atom. The molecule has 8 heteroatoms. The second kappa shape index (κ2) is 8.92. The summed E-state index contributed by atoms with van der Waals surface area (Å²) in [6.07, 6.45) is 0. The summed E-state index contributed by atoms with van der Waals surface area (Å²) in [5.41, 5.74) is 5.50. The van der Waals surface area contributed by atoms with E-state index in [4.69, 9.17) is 9.47 Å². The van der Waals surface area contributed by atoms with Crippen molar-refractivity contribution in [2.45, 2.75) is 13.8 Å². The molecule has 0 aliphatic carbocycles. The smallest absolute Gasteiger partial charge is 0.289 e. The van der Waals surface area contributed by atoms with Gasteiger partial charge in [0.25, 0.3) is 5.91 Å². The van der Waals surface area contributed by atoms with Gasteiger partial charge in [0.2, 0.25) is 0 Å². The number of methoxy groups -OCH3 is 1. The van der Waals surface area contributed by atoms with Gasteiger partial charge in [0.1, 0.15) is 11.4 Å². The molecule has 0 bridgehead atoms. The van der Waals surface area contributed by atoms with E-state index in [1.807, 2.05) is 31.2 Å². The first-order chi connectivity index (χ1) is 14.0. The monoisotopic (exact) mass is 394 g/mol. The van der Waals surface area contributed by atoms with E-state index in [0.717, 1.165) is 11.3 Å². The number of hydrazone groups is 1. The van der Waals surface area contributed by atoms with Crippen LogP contribution in [0.5, 0.6) is 17.2 Å². The molecule has 1 amide bonds. The van der Waals surface area contributed by atoms with Crippen LogP contribution in [0.2, 0.25) is 0 Å². The minimum atomic E-state index is -0.421. The molecule has 0 spiro atoms. The highest BCUT2D eigenvalue weighted by Gasteiger charge is 2.12. The van der Waals surface area contributed by atoms with Crippen LogP contribution in [0.25, 0.3) is 11.3 Å². The third kappa shape index (κ3) is 4.73. The molecule has 0 unspecified atom stereocenters. The summed E-state index contributed by atoms with van der Waals surface area (Å²) in [6.45, 7) is 4.23. The van der Waals surface area contributed by atoms with Crippen LogP contribution in [0.4, 0.5) is 0 Å². The van der Waals surface area contributed by atoms with Crippen molar-refractivity contribution in [3.8, 4) is 28.5 Å². The van der Waals surface area contributed by atoms with Crippen molar-refractivity contribution in [3.63, 3.8) is 0 Å². The van der Waals surface area contributed by atoms with Gasteiger partial charge in [0.05, 0.1) is 25.1 Å². The molecule has 0 radical (unpaired) electrons. The largest absolute Gasteiger partial charge is 0.504 e. The van der Waals surface area contributed by atoms with Crippen molar-refractivity contribution in [3.05, 3.63) is 59.8 Å². The molecule has 0 atom stereocenters. The van der Waals surface area contributed by atoms with Crippen LogP contribution < -0.4 is 14.9 Å². The maximum absolute atomic E-state index is 12.4. The number of ether oxygens (including phenoxy) is 2. The average Bonchev–Trinajstić information content (AvgIpc) is 3.23. The maximum atomic E-state index is 12.4. The van der Waals surface area contributed by atoms with Gasteiger partial charge in [0, 0.05) is 11.1 Å². The zero-order valence-corrected chi connectivity index (χ0v) is 16.4. The summed E-state index contributed by atoms with van der Waals surface area (Å²) in [5, 5.41) is 20.7. The lowest BCUT2D eigenvalue weighted by Gasteiger charge is -2.06. The van der Waals surface area contributed by atoms with E-state index >= 15 is 0 Å². The number of hydrogen-bond donors (Lipinski definition) is 3. The van der Waals surface area contributed by atoms with Gasteiger partial charge < -0.3 is 14.6 Å². The Kier molecular flexibility index (Phi) is 6.13. The number of carbonyl (C=O) groups excluding carboxylic acids is 1. The standard InChI is InChI=1S/C21H22N4O4/c1-4-29-16-7-5-6-15(10-16)17-12-18(24-23-17)21(27)25-22-13(2)14-8-9-19(26)20(11-14)28-3/h5-12,26H,4H2,1-3H3,(H,23,24)(H,25,27)/b22-13+. The first-order valence-electron chi connectivity index (χ1n) is 9.02. The summed E-state index contributed by atoms with van der Waals surface area (Å²) in [7, 11) is 1.47. The molecule has 29 heavy (non-hydrogen) atoms. The Balaban J connectivity index is 1.72. The van der Waals surface area contributed by atoms with Crippen molar-refractivity contribution in [2.75, 3.05) is 13.7 Å². The lowest BCUT2D eigenvalue weighted by Crippen LogP contribution is -2.19. The van der Waals surface area contributed by atoms with Gasteiger partial charge in [-0.2, -0.15) is 10.2 Å². The molecule has 0 fully saturated rings.